The highest BCUT2D eigenvalue weighted by molar-refractivity contribution is 5.95. The topological polar surface area (TPSA) is 112 Å². The summed E-state index contributed by atoms with van der Waals surface area (Å²) in [6, 6.07) is 12.1. The summed E-state index contributed by atoms with van der Waals surface area (Å²) in [4.78, 5) is 33.2. The van der Waals surface area contributed by atoms with Gasteiger partial charge < -0.3 is 29.4 Å². The summed E-state index contributed by atoms with van der Waals surface area (Å²) in [6.45, 7) is 10.0. The van der Waals surface area contributed by atoms with E-state index in [1.807, 2.05) is 17.0 Å². The second kappa shape index (κ2) is 13.9. The Morgan fingerprint density at radius 2 is 1.88 bits per heavy atom. The molecule has 0 bridgehead atoms. The van der Waals surface area contributed by atoms with E-state index in [4.69, 9.17) is 14.7 Å². The number of carbonyl (C=O) groups excluding carboxylic acids is 1. The van der Waals surface area contributed by atoms with Gasteiger partial charge in [0.2, 0.25) is 5.91 Å². The fourth-order valence-corrected chi connectivity index (χ4v) is 7.75. The third-order valence-corrected chi connectivity index (χ3v) is 10.9. The second-order valence-electron chi connectivity index (χ2n) is 14.1. The van der Waals surface area contributed by atoms with E-state index in [-0.39, 0.29) is 42.0 Å². The lowest BCUT2D eigenvalue weighted by Gasteiger charge is -2.42. The van der Waals surface area contributed by atoms with E-state index < -0.39 is 12.3 Å². The number of aliphatic hydroxyl groups excluding tert-OH is 1. The van der Waals surface area contributed by atoms with Crippen LogP contribution in [0.15, 0.2) is 49.1 Å². The molecule has 0 spiro atoms. The summed E-state index contributed by atoms with van der Waals surface area (Å²) < 4.78 is 47.5. The van der Waals surface area contributed by atoms with Crippen molar-refractivity contribution in [2.45, 2.75) is 56.1 Å². The molecule has 2 aromatic carbocycles. The first kappa shape index (κ1) is 35.0. The van der Waals surface area contributed by atoms with E-state index in [0.29, 0.717) is 61.8 Å². The maximum absolute atomic E-state index is 13.7. The van der Waals surface area contributed by atoms with Crippen LogP contribution in [0.2, 0.25) is 0 Å². The normalized spacial score (nSPS) is 21.6. The lowest BCUT2D eigenvalue weighted by Crippen LogP contribution is -2.55. The second-order valence-corrected chi connectivity index (χ2v) is 14.1. The molecule has 2 atom stereocenters. The number of nitrogens with zero attached hydrogens (tertiary/aromatic N) is 8. The van der Waals surface area contributed by atoms with Gasteiger partial charge in [0.25, 0.3) is 0 Å². The molecule has 0 radical (unpaired) electrons. The third-order valence-electron chi connectivity index (χ3n) is 10.9. The van der Waals surface area contributed by atoms with Crippen LogP contribution in [0, 0.1) is 11.3 Å². The Morgan fingerprint density at radius 3 is 2.59 bits per heavy atom. The Morgan fingerprint density at radius 1 is 1.12 bits per heavy atom. The van der Waals surface area contributed by atoms with Gasteiger partial charge >= 0.3 is 12.2 Å². The molecule has 1 aromatic heterocycles. The summed E-state index contributed by atoms with van der Waals surface area (Å²) in [6.07, 6.45) is -3.43. The van der Waals surface area contributed by atoms with Gasteiger partial charge in [-0.2, -0.15) is 28.4 Å². The number of rotatable bonds is 9. The van der Waals surface area contributed by atoms with Crippen LogP contribution < -0.4 is 14.5 Å². The number of hydrogen-bond acceptors (Lipinski definition) is 10. The number of carbonyl (C=O) groups is 1. The number of amides is 1. The van der Waals surface area contributed by atoms with Crippen LogP contribution in [-0.2, 0) is 17.8 Å². The van der Waals surface area contributed by atoms with Crippen molar-refractivity contribution < 1.29 is 27.8 Å². The van der Waals surface area contributed by atoms with Gasteiger partial charge in [0, 0.05) is 69.0 Å². The highest BCUT2D eigenvalue weighted by Crippen LogP contribution is 2.43. The maximum atomic E-state index is 13.7. The molecule has 3 fully saturated rings. The molecule has 4 aliphatic rings. The number of piperazine rings is 2. The first-order chi connectivity index (χ1) is 24.5. The number of benzene rings is 2. The van der Waals surface area contributed by atoms with Crippen molar-refractivity contribution >= 4 is 28.2 Å². The smallest absolute Gasteiger partial charge is 0.418 e. The van der Waals surface area contributed by atoms with Gasteiger partial charge in [-0.15, -0.1) is 0 Å². The van der Waals surface area contributed by atoms with Crippen LogP contribution in [0.4, 0.5) is 24.7 Å². The zero-order chi connectivity index (χ0) is 35.9. The zero-order valence-corrected chi connectivity index (χ0v) is 28.8. The highest BCUT2D eigenvalue weighted by Gasteiger charge is 2.49. The van der Waals surface area contributed by atoms with E-state index in [9.17, 15) is 28.3 Å². The van der Waals surface area contributed by atoms with Crippen molar-refractivity contribution in [2.75, 3.05) is 75.8 Å². The fraction of sp³-hybridized carbons (Fsp3) is 0.514. The van der Waals surface area contributed by atoms with Gasteiger partial charge in [0.15, 0.2) is 6.10 Å². The predicted octanol–water partition coefficient (Wildman–Crippen LogP) is 4.06. The van der Waals surface area contributed by atoms with Gasteiger partial charge in [-0.05, 0) is 55.5 Å². The lowest BCUT2D eigenvalue weighted by molar-refractivity contribution is -0.206. The summed E-state index contributed by atoms with van der Waals surface area (Å²) in [5.41, 5.74) is 1.92. The van der Waals surface area contributed by atoms with Crippen molar-refractivity contribution in [1.29, 1.82) is 5.26 Å². The molecular weight excluding hydrogens is 661 g/mol. The Kier molecular flexibility index (Phi) is 9.56. The molecule has 51 heavy (non-hydrogen) atoms. The summed E-state index contributed by atoms with van der Waals surface area (Å²) >= 11 is 0. The number of fused-ring (bicyclic) bond motifs is 2. The highest BCUT2D eigenvalue weighted by atomic mass is 19.4. The minimum absolute atomic E-state index is 0.0556. The summed E-state index contributed by atoms with van der Waals surface area (Å²) in [5.74, 6) is 0.474. The van der Waals surface area contributed by atoms with Gasteiger partial charge in [0.1, 0.15) is 12.4 Å². The fourth-order valence-electron chi connectivity index (χ4n) is 7.75. The Hall–Kier alpha value is -4.45. The van der Waals surface area contributed by atoms with E-state index >= 15 is 0 Å². The van der Waals surface area contributed by atoms with Gasteiger partial charge in [-0.25, -0.2) is 0 Å². The van der Waals surface area contributed by atoms with Gasteiger partial charge in [0.05, 0.1) is 36.3 Å². The first-order valence-electron chi connectivity index (χ1n) is 17.5. The van der Waals surface area contributed by atoms with Gasteiger partial charge in [-0.1, -0.05) is 30.8 Å². The number of likely N-dealkylation sites (N-methyl/N-ethyl adjacent to an activating group) is 1. The molecule has 4 heterocycles. The number of aromatic nitrogens is 2. The number of anilines is 2. The van der Waals surface area contributed by atoms with Crippen LogP contribution in [0.3, 0.4) is 0 Å². The first-order valence-corrected chi connectivity index (χ1v) is 17.5. The summed E-state index contributed by atoms with van der Waals surface area (Å²) in [5, 5.41) is 21.2. The average molecular weight is 705 g/mol. The van der Waals surface area contributed by atoms with Gasteiger partial charge in [-0.3, -0.25) is 9.69 Å². The standard InChI is InChI=1S/C37H43F3N8O3/c1-3-32(49)48-19-16-46(22-27(48)8-12-41)34-29-9-13-45(31-21-26(33(50)37(38,39)40)20-25-6-4-5-7-28(25)31)23-30(29)42-35(43-34)51-24-36(10-11-36)47-17-14-44(2)15-18-47/h3-7,20-21,27,33,50H,1,8-11,13-19,22-24H2,2H3/t27-,33?/m0/s1. The molecule has 14 heteroatoms. The average Bonchev–Trinajstić information content (AvgIpc) is 3.93. The minimum atomic E-state index is -4.81. The molecule has 1 unspecified atom stereocenters. The van der Waals surface area contributed by atoms with Crippen LogP contribution in [0.25, 0.3) is 10.8 Å². The third kappa shape index (κ3) is 7.07. The van der Waals surface area contributed by atoms with E-state index in [2.05, 4.69) is 34.4 Å². The molecule has 3 aromatic rings. The molecule has 1 aliphatic carbocycles. The molecule has 11 nitrogen and oxygen atoms in total. The molecule has 1 saturated carbocycles. The van der Waals surface area contributed by atoms with Crippen molar-refractivity contribution in [2.24, 2.45) is 0 Å². The van der Waals surface area contributed by atoms with Crippen LogP contribution in [0.1, 0.15) is 42.2 Å². The number of hydrogen-bond donors (Lipinski definition) is 1. The molecule has 1 N–H and O–H groups in total. The van der Waals surface area contributed by atoms with Crippen LogP contribution >= 0.6 is 0 Å². The number of ether oxygens (including phenoxy) is 1. The Labute approximate surface area is 295 Å². The number of alkyl halides is 3. The van der Waals surface area contributed by atoms with Crippen molar-refractivity contribution in [3.8, 4) is 12.1 Å². The SMILES string of the molecule is C=CC(=O)N1CCN(c2nc(OCC3(N4CCN(C)CC4)CC3)nc3c2CCN(c2cc(C(O)C(F)(F)F)cc4ccccc24)C3)C[C@@H]1CC#N. The Balaban J connectivity index is 1.23. The predicted molar refractivity (Wildman–Crippen MR) is 186 cm³/mol. The van der Waals surface area contributed by atoms with E-state index in [0.717, 1.165) is 50.0 Å². The van der Waals surface area contributed by atoms with Crippen molar-refractivity contribution in [1.82, 2.24) is 24.7 Å². The molecule has 3 aliphatic heterocycles. The zero-order valence-electron chi connectivity index (χ0n) is 28.8. The largest absolute Gasteiger partial charge is 0.461 e. The molecule has 1 amide bonds. The van der Waals surface area contributed by atoms with Crippen molar-refractivity contribution in [3.63, 3.8) is 0 Å². The number of halogens is 3. The van der Waals surface area contributed by atoms with Crippen molar-refractivity contribution in [3.05, 3.63) is 65.9 Å². The Bertz CT molecular complexity index is 1840. The molecule has 2 saturated heterocycles. The minimum Gasteiger partial charge on any atom is -0.461 e. The maximum Gasteiger partial charge on any atom is 0.418 e. The lowest BCUT2D eigenvalue weighted by atomic mass is 9.98. The van der Waals surface area contributed by atoms with E-state index in [1.165, 1.54) is 18.2 Å². The molecular formula is C37H43F3N8O3. The monoisotopic (exact) mass is 704 g/mol. The van der Waals surface area contributed by atoms with Crippen LogP contribution in [0.5, 0.6) is 6.01 Å². The number of aliphatic hydroxyl groups is 1. The molecule has 270 valence electrons. The number of nitriles is 1. The summed E-state index contributed by atoms with van der Waals surface area (Å²) in [7, 11) is 2.13. The van der Waals surface area contributed by atoms with Crippen LogP contribution in [-0.4, -0.2) is 119 Å². The molecule has 7 rings (SSSR count). The van der Waals surface area contributed by atoms with E-state index in [1.54, 1.807) is 17.0 Å². The quantitative estimate of drug-likeness (QED) is 0.328.